The second-order valence-electron chi connectivity index (χ2n) is 9.55. The number of unbranched alkanes of at least 4 members (excludes halogenated alkanes) is 2. The number of hydrogen-bond acceptors (Lipinski definition) is 1. The molecule has 1 unspecified atom stereocenters. The van der Waals surface area contributed by atoms with E-state index < -0.39 is 28.9 Å². The van der Waals surface area contributed by atoms with Crippen LogP contribution in [0.25, 0.3) is 0 Å². The third-order valence-electron chi connectivity index (χ3n) is 6.64. The highest BCUT2D eigenvalue weighted by Gasteiger charge is 2.73. The average Bonchev–Trinajstić information content (AvgIpc) is 2.91. The van der Waals surface area contributed by atoms with Crippen molar-refractivity contribution < 1.29 is 30.8 Å². The van der Waals surface area contributed by atoms with Crippen LogP contribution in [0, 0.1) is 5.41 Å². The number of allylic oxidation sites excluding steroid dienone is 4. The van der Waals surface area contributed by atoms with E-state index >= 15 is 0 Å². The Morgan fingerprint density at radius 2 is 1.71 bits per heavy atom. The number of quaternary nitrogens is 1. The van der Waals surface area contributed by atoms with E-state index in [1.807, 2.05) is 14.0 Å². The maximum Gasteiger partial charge on any atom is 0.410 e. The first-order valence-electron chi connectivity index (χ1n) is 12.1. The zero-order valence-corrected chi connectivity index (χ0v) is 21.0. The van der Waals surface area contributed by atoms with E-state index in [0.29, 0.717) is 30.4 Å². The molecule has 1 rings (SSSR count). The molecule has 196 valence electrons. The Morgan fingerprint density at radius 3 is 2.24 bits per heavy atom. The lowest BCUT2D eigenvalue weighted by molar-refractivity contribution is -0.903. The fourth-order valence-electron chi connectivity index (χ4n) is 4.69. The van der Waals surface area contributed by atoms with Crippen LogP contribution in [0.5, 0.6) is 0 Å². The molecular formula is C26H41F6N2+. The molecule has 0 spiro atoms. The average molecular weight is 496 g/mol. The van der Waals surface area contributed by atoms with Crippen molar-refractivity contribution in [3.05, 3.63) is 48.2 Å². The van der Waals surface area contributed by atoms with Crippen molar-refractivity contribution in [3.63, 3.8) is 0 Å². The summed E-state index contributed by atoms with van der Waals surface area (Å²) in [6, 6.07) is 0. The first-order valence-corrected chi connectivity index (χ1v) is 12.1. The topological polar surface area (TPSA) is 3.24 Å². The van der Waals surface area contributed by atoms with E-state index in [1.54, 1.807) is 24.9 Å². The Labute approximate surface area is 201 Å². The molecule has 0 amide bonds. The van der Waals surface area contributed by atoms with E-state index in [9.17, 15) is 26.3 Å². The molecule has 1 atom stereocenters. The summed E-state index contributed by atoms with van der Waals surface area (Å²) in [5.41, 5.74) is -5.16. The van der Waals surface area contributed by atoms with Crippen LogP contribution < -0.4 is 0 Å². The fraction of sp³-hybridized carbons (Fsp3) is 0.692. The summed E-state index contributed by atoms with van der Waals surface area (Å²) in [6.45, 7) is 9.27. The molecular weight excluding hydrogens is 454 g/mol. The number of likely N-dealkylation sites (N-methyl/N-ethyl adjacent to an activating group) is 2. The van der Waals surface area contributed by atoms with Gasteiger partial charge >= 0.3 is 12.4 Å². The number of halogens is 6. The van der Waals surface area contributed by atoms with Crippen molar-refractivity contribution in [1.82, 2.24) is 4.90 Å². The molecule has 0 saturated heterocycles. The van der Waals surface area contributed by atoms with Gasteiger partial charge in [-0.05, 0) is 55.2 Å². The second kappa shape index (κ2) is 12.8. The van der Waals surface area contributed by atoms with Gasteiger partial charge in [0.15, 0.2) is 0 Å². The fourth-order valence-corrected chi connectivity index (χ4v) is 4.69. The van der Waals surface area contributed by atoms with Gasteiger partial charge in [0.05, 0.1) is 26.7 Å². The highest BCUT2D eigenvalue weighted by molar-refractivity contribution is 5.38. The zero-order valence-electron chi connectivity index (χ0n) is 21.0. The van der Waals surface area contributed by atoms with Gasteiger partial charge in [-0.15, -0.1) is 6.58 Å². The minimum atomic E-state index is -5.51. The van der Waals surface area contributed by atoms with Gasteiger partial charge < -0.3 is 9.38 Å². The summed E-state index contributed by atoms with van der Waals surface area (Å²) in [5, 5.41) is 0. The van der Waals surface area contributed by atoms with Crippen molar-refractivity contribution in [2.75, 3.05) is 40.3 Å². The Morgan fingerprint density at radius 1 is 1.09 bits per heavy atom. The summed E-state index contributed by atoms with van der Waals surface area (Å²) < 4.78 is 88.7. The van der Waals surface area contributed by atoms with Crippen LogP contribution in [-0.2, 0) is 0 Å². The third kappa shape index (κ3) is 7.40. The second-order valence-corrected chi connectivity index (χ2v) is 9.55. The van der Waals surface area contributed by atoms with E-state index in [0.717, 1.165) is 25.5 Å². The van der Waals surface area contributed by atoms with Gasteiger partial charge in [-0.25, -0.2) is 0 Å². The van der Waals surface area contributed by atoms with E-state index in [4.69, 9.17) is 0 Å². The van der Waals surface area contributed by atoms with Gasteiger partial charge in [-0.1, -0.05) is 38.8 Å². The lowest BCUT2D eigenvalue weighted by atomic mass is 9.68. The van der Waals surface area contributed by atoms with Crippen molar-refractivity contribution in [2.24, 2.45) is 5.41 Å². The molecule has 0 N–H and O–H groups in total. The quantitative estimate of drug-likeness (QED) is 0.115. The monoisotopic (exact) mass is 495 g/mol. The van der Waals surface area contributed by atoms with E-state index in [-0.39, 0.29) is 25.8 Å². The smallest absolute Gasteiger partial charge is 0.377 e. The lowest BCUT2D eigenvalue weighted by Crippen LogP contribution is -2.53. The minimum absolute atomic E-state index is 0.169. The van der Waals surface area contributed by atoms with Gasteiger partial charge in [-0.2, -0.15) is 26.3 Å². The molecule has 0 aromatic heterocycles. The number of hydrogen-bond donors (Lipinski definition) is 0. The summed E-state index contributed by atoms with van der Waals surface area (Å²) in [5.74, 6) is 0. The SMILES string of the molecule is C=CCN(C)/C=C\C=C(/CCCC)C(C1=CC[N+](C)(CCCC)CCC1)(C(F)(F)F)C(F)(F)F. The number of rotatable bonds is 12. The summed E-state index contributed by atoms with van der Waals surface area (Å²) in [4.78, 5) is 1.64. The first-order chi connectivity index (χ1) is 15.8. The van der Waals surface area contributed by atoms with Crippen molar-refractivity contribution >= 4 is 0 Å². The van der Waals surface area contributed by atoms with Crippen LogP contribution in [0.4, 0.5) is 26.3 Å². The van der Waals surface area contributed by atoms with Gasteiger partial charge in [0.1, 0.15) is 0 Å². The molecule has 2 nitrogen and oxygen atoms in total. The summed E-state index contributed by atoms with van der Waals surface area (Å²) in [6.07, 6.45) is -2.01. The van der Waals surface area contributed by atoms with Crippen LogP contribution in [0.3, 0.4) is 0 Å². The molecule has 1 aliphatic heterocycles. The maximum atomic E-state index is 14.7. The number of nitrogens with zero attached hydrogens (tertiary/aromatic N) is 2. The standard InChI is InChI=1S/C26H41F6N2/c1-6-9-13-22(14-11-18-33(4)17-8-3)24(25(27,28)29,26(30,31)32)23-15-12-20-34(5,21-16-23)19-10-7-2/h8,11,14,16,18H,3,6-7,9-10,12-13,15,17,19-21H2,1-2,4-5H3/q+1/b18-11-,22-14+. The third-order valence-corrected chi connectivity index (χ3v) is 6.64. The molecule has 1 aliphatic rings. The highest BCUT2D eigenvalue weighted by atomic mass is 19.4. The molecule has 8 heteroatoms. The van der Waals surface area contributed by atoms with Gasteiger partial charge in [0.2, 0.25) is 5.41 Å². The lowest BCUT2D eigenvalue weighted by Gasteiger charge is -2.41. The van der Waals surface area contributed by atoms with Crippen molar-refractivity contribution in [3.8, 4) is 0 Å². The summed E-state index contributed by atoms with van der Waals surface area (Å²) >= 11 is 0. The zero-order chi connectivity index (χ0) is 26.0. The molecule has 0 radical (unpaired) electrons. The van der Waals surface area contributed by atoms with Gasteiger partial charge in [0, 0.05) is 20.0 Å². The Hall–Kier alpha value is -1.70. The normalized spacial score (nSPS) is 20.9. The molecule has 1 heterocycles. The largest absolute Gasteiger partial charge is 0.410 e. The molecule has 0 aromatic carbocycles. The molecule has 0 saturated carbocycles. The van der Waals surface area contributed by atoms with E-state index in [1.165, 1.54) is 18.4 Å². The maximum absolute atomic E-state index is 14.7. The van der Waals surface area contributed by atoms with Crippen LogP contribution in [-0.4, -0.2) is 62.0 Å². The van der Waals surface area contributed by atoms with Crippen LogP contribution in [0.2, 0.25) is 0 Å². The predicted molar refractivity (Wildman–Crippen MR) is 127 cm³/mol. The van der Waals surface area contributed by atoms with Crippen LogP contribution >= 0.6 is 0 Å². The predicted octanol–water partition coefficient (Wildman–Crippen LogP) is 7.81. The first kappa shape index (κ1) is 30.3. The Kier molecular flexibility index (Phi) is 11.5. The molecule has 0 bridgehead atoms. The minimum Gasteiger partial charge on any atom is -0.377 e. The van der Waals surface area contributed by atoms with Crippen molar-refractivity contribution in [1.29, 1.82) is 0 Å². The highest BCUT2D eigenvalue weighted by Crippen LogP contribution is 2.61. The van der Waals surface area contributed by atoms with Gasteiger partial charge in [0.25, 0.3) is 0 Å². The van der Waals surface area contributed by atoms with Crippen molar-refractivity contribution in [2.45, 2.75) is 71.1 Å². The summed E-state index contributed by atoms with van der Waals surface area (Å²) in [7, 11) is 3.60. The molecule has 0 fully saturated rings. The van der Waals surface area contributed by atoms with E-state index in [2.05, 4.69) is 6.58 Å². The molecule has 0 aromatic rings. The van der Waals surface area contributed by atoms with Crippen LogP contribution in [0.1, 0.15) is 58.8 Å². The van der Waals surface area contributed by atoms with Gasteiger partial charge in [-0.3, -0.25) is 0 Å². The molecule has 34 heavy (non-hydrogen) atoms. The number of alkyl halides is 6. The Balaban J connectivity index is 3.71. The molecule has 0 aliphatic carbocycles. The Bertz CT molecular complexity index is 719. The van der Waals surface area contributed by atoms with Crippen LogP contribution in [0.15, 0.2) is 48.2 Å².